The molecular weight excluding hydrogens is 362 g/mol. The molecule has 2 aromatic carbocycles. The summed E-state index contributed by atoms with van der Waals surface area (Å²) in [7, 11) is -2.20. The Morgan fingerprint density at radius 3 is 2.44 bits per heavy atom. The summed E-state index contributed by atoms with van der Waals surface area (Å²) in [5, 5.41) is 2.79. The number of anilines is 2. The number of hydrogen-bond donors (Lipinski definition) is 2. The number of carbonyl (C=O) groups is 1. The van der Waals surface area contributed by atoms with Crippen LogP contribution in [0, 0.1) is 0 Å². The van der Waals surface area contributed by atoms with Gasteiger partial charge in [0.25, 0.3) is 5.91 Å². The molecule has 2 aliphatic heterocycles. The summed E-state index contributed by atoms with van der Waals surface area (Å²) in [4.78, 5) is 14.9. The van der Waals surface area contributed by atoms with Crippen LogP contribution < -0.4 is 14.9 Å². The molecule has 0 aliphatic carbocycles. The summed E-state index contributed by atoms with van der Waals surface area (Å²) >= 11 is 0. The molecule has 2 aliphatic rings. The van der Waals surface area contributed by atoms with Gasteiger partial charge in [0.1, 0.15) is 0 Å². The lowest BCUT2D eigenvalue weighted by Gasteiger charge is -2.17. The first-order valence-corrected chi connectivity index (χ1v) is 10.4. The summed E-state index contributed by atoms with van der Waals surface area (Å²) < 4.78 is 26.4. The van der Waals surface area contributed by atoms with E-state index in [0.29, 0.717) is 16.8 Å². The van der Waals surface area contributed by atoms with Crippen molar-refractivity contribution in [3.8, 4) is 0 Å². The zero-order valence-electron chi connectivity index (χ0n) is 15.0. The van der Waals surface area contributed by atoms with Gasteiger partial charge in [0, 0.05) is 35.6 Å². The van der Waals surface area contributed by atoms with Crippen LogP contribution in [-0.4, -0.2) is 34.5 Å². The first kappa shape index (κ1) is 17.8. The Labute approximate surface area is 158 Å². The Bertz CT molecular complexity index is 1020. The third-order valence-corrected chi connectivity index (χ3v) is 6.44. The van der Waals surface area contributed by atoms with E-state index in [1.54, 1.807) is 12.1 Å². The minimum absolute atomic E-state index is 0.135. The molecule has 0 saturated carbocycles. The fraction of sp³-hybridized carbons (Fsp3) is 0.250. The molecule has 1 amide bonds. The van der Waals surface area contributed by atoms with Crippen LogP contribution in [0.5, 0.6) is 0 Å². The van der Waals surface area contributed by atoms with Crippen molar-refractivity contribution in [1.29, 1.82) is 0 Å². The summed E-state index contributed by atoms with van der Waals surface area (Å²) in [5.41, 5.74) is 3.77. The van der Waals surface area contributed by atoms with E-state index in [0.717, 1.165) is 18.7 Å². The van der Waals surface area contributed by atoms with Gasteiger partial charge in [-0.05, 0) is 61.9 Å². The standard InChI is InChI=1S/C20H21N3O3S/c1-21-27(25,26)16-8-9-19-17(13-16)18(20(24)22-19)12-14-4-6-15(7-5-14)23-10-2-3-11-23/h4-9,12-13,21H,2-3,10-11H2,1H3,(H,22,24). The predicted molar refractivity (Wildman–Crippen MR) is 107 cm³/mol. The van der Waals surface area contributed by atoms with E-state index < -0.39 is 10.0 Å². The van der Waals surface area contributed by atoms with Gasteiger partial charge in [0.15, 0.2) is 0 Å². The minimum Gasteiger partial charge on any atom is -0.372 e. The number of hydrogen-bond acceptors (Lipinski definition) is 4. The van der Waals surface area contributed by atoms with Gasteiger partial charge in [-0.25, -0.2) is 13.1 Å². The van der Waals surface area contributed by atoms with Crippen LogP contribution in [-0.2, 0) is 14.8 Å². The second kappa shape index (κ2) is 6.83. The van der Waals surface area contributed by atoms with E-state index in [1.165, 1.54) is 37.7 Å². The fourth-order valence-electron chi connectivity index (χ4n) is 3.52. The monoisotopic (exact) mass is 383 g/mol. The van der Waals surface area contributed by atoms with Crippen molar-refractivity contribution in [1.82, 2.24) is 4.72 Å². The van der Waals surface area contributed by atoms with E-state index in [4.69, 9.17) is 0 Å². The lowest BCUT2D eigenvalue weighted by molar-refractivity contribution is -0.110. The number of amides is 1. The highest BCUT2D eigenvalue weighted by atomic mass is 32.2. The topological polar surface area (TPSA) is 78.5 Å². The maximum absolute atomic E-state index is 12.4. The van der Waals surface area contributed by atoms with Crippen LogP contribution in [0.2, 0.25) is 0 Å². The number of sulfonamides is 1. The molecule has 27 heavy (non-hydrogen) atoms. The van der Waals surface area contributed by atoms with Crippen molar-refractivity contribution >= 4 is 39.0 Å². The number of carbonyl (C=O) groups excluding carboxylic acids is 1. The summed E-state index contributed by atoms with van der Waals surface area (Å²) in [6.07, 6.45) is 4.24. The molecule has 0 unspecified atom stereocenters. The van der Waals surface area contributed by atoms with Crippen LogP contribution in [0.4, 0.5) is 11.4 Å². The average Bonchev–Trinajstić information content (AvgIpc) is 3.31. The smallest absolute Gasteiger partial charge is 0.256 e. The van der Waals surface area contributed by atoms with Gasteiger partial charge in [-0.3, -0.25) is 4.79 Å². The van der Waals surface area contributed by atoms with Gasteiger partial charge in [0.05, 0.1) is 4.90 Å². The molecule has 0 spiro atoms. The van der Waals surface area contributed by atoms with E-state index in [-0.39, 0.29) is 10.8 Å². The molecule has 2 heterocycles. The molecule has 140 valence electrons. The zero-order chi connectivity index (χ0) is 19.0. The third kappa shape index (κ3) is 3.36. The molecule has 7 heteroatoms. The Morgan fingerprint density at radius 2 is 1.78 bits per heavy atom. The highest BCUT2D eigenvalue weighted by Crippen LogP contribution is 2.35. The van der Waals surface area contributed by atoms with E-state index in [1.807, 2.05) is 12.1 Å². The molecule has 2 aromatic rings. The molecule has 1 fully saturated rings. The van der Waals surface area contributed by atoms with Crippen molar-refractivity contribution in [3.63, 3.8) is 0 Å². The summed E-state index contributed by atoms with van der Waals surface area (Å²) in [6, 6.07) is 12.7. The van der Waals surface area contributed by atoms with Crippen molar-refractivity contribution in [3.05, 3.63) is 53.6 Å². The van der Waals surface area contributed by atoms with Gasteiger partial charge in [-0.1, -0.05) is 12.1 Å². The Hall–Kier alpha value is -2.64. The molecule has 6 nitrogen and oxygen atoms in total. The number of nitrogens with zero attached hydrogens (tertiary/aromatic N) is 1. The van der Waals surface area contributed by atoms with Crippen LogP contribution in [0.3, 0.4) is 0 Å². The first-order valence-electron chi connectivity index (χ1n) is 8.94. The fourth-order valence-corrected chi connectivity index (χ4v) is 4.27. The van der Waals surface area contributed by atoms with Gasteiger partial charge in [-0.15, -0.1) is 0 Å². The predicted octanol–water partition coefficient (Wildman–Crippen LogP) is 2.69. The van der Waals surface area contributed by atoms with Gasteiger partial charge < -0.3 is 10.2 Å². The van der Waals surface area contributed by atoms with Crippen LogP contribution in [0.25, 0.3) is 11.6 Å². The van der Waals surface area contributed by atoms with Gasteiger partial charge in [-0.2, -0.15) is 0 Å². The van der Waals surface area contributed by atoms with Crippen molar-refractivity contribution in [2.75, 3.05) is 30.4 Å². The average molecular weight is 383 g/mol. The number of fused-ring (bicyclic) bond motifs is 1. The lowest BCUT2D eigenvalue weighted by Crippen LogP contribution is -2.18. The molecule has 4 rings (SSSR count). The highest BCUT2D eigenvalue weighted by Gasteiger charge is 2.26. The van der Waals surface area contributed by atoms with Crippen molar-refractivity contribution in [2.24, 2.45) is 0 Å². The third-order valence-electron chi connectivity index (χ3n) is 5.03. The molecule has 0 radical (unpaired) electrons. The molecule has 2 N–H and O–H groups in total. The van der Waals surface area contributed by atoms with E-state index in [2.05, 4.69) is 27.1 Å². The van der Waals surface area contributed by atoms with E-state index >= 15 is 0 Å². The quantitative estimate of drug-likeness (QED) is 0.796. The number of benzene rings is 2. The van der Waals surface area contributed by atoms with Crippen molar-refractivity contribution in [2.45, 2.75) is 17.7 Å². The first-order chi connectivity index (χ1) is 13.0. The number of nitrogens with one attached hydrogen (secondary N) is 2. The van der Waals surface area contributed by atoms with Crippen molar-refractivity contribution < 1.29 is 13.2 Å². The maximum atomic E-state index is 12.4. The second-order valence-corrected chi connectivity index (χ2v) is 8.60. The van der Waals surface area contributed by atoms with Crippen LogP contribution in [0.1, 0.15) is 24.0 Å². The van der Waals surface area contributed by atoms with Crippen LogP contribution in [0.15, 0.2) is 47.4 Å². The van der Waals surface area contributed by atoms with Gasteiger partial charge in [0.2, 0.25) is 10.0 Å². The molecule has 0 atom stereocenters. The maximum Gasteiger partial charge on any atom is 0.256 e. The second-order valence-electron chi connectivity index (χ2n) is 6.71. The Kier molecular flexibility index (Phi) is 4.49. The van der Waals surface area contributed by atoms with E-state index in [9.17, 15) is 13.2 Å². The molecule has 0 aromatic heterocycles. The largest absolute Gasteiger partial charge is 0.372 e. The highest BCUT2D eigenvalue weighted by molar-refractivity contribution is 7.89. The van der Waals surface area contributed by atoms with Gasteiger partial charge >= 0.3 is 0 Å². The minimum atomic E-state index is -3.57. The zero-order valence-corrected chi connectivity index (χ0v) is 15.8. The molecule has 0 bridgehead atoms. The van der Waals surface area contributed by atoms with Crippen LogP contribution >= 0.6 is 0 Å². The summed E-state index contributed by atoms with van der Waals surface area (Å²) in [5.74, 6) is -0.229. The summed E-state index contributed by atoms with van der Waals surface area (Å²) in [6.45, 7) is 2.16. The number of rotatable bonds is 4. The Balaban J connectivity index is 1.68. The normalized spacial score (nSPS) is 18.0. The SMILES string of the molecule is CNS(=O)(=O)c1ccc2c(c1)C(=Cc1ccc(N3CCCC3)cc1)C(=O)N2. The lowest BCUT2D eigenvalue weighted by atomic mass is 10.0. The molecule has 1 saturated heterocycles. The Morgan fingerprint density at radius 1 is 1.07 bits per heavy atom. The molecular formula is C20H21N3O3S.